The molecule has 0 amide bonds. The Morgan fingerprint density at radius 2 is 1.60 bits per heavy atom. The largest absolute Gasteiger partial charge is 0.308 e. The van der Waals surface area contributed by atoms with E-state index in [0.29, 0.717) is 43.9 Å². The van der Waals surface area contributed by atoms with E-state index in [0.717, 1.165) is 43.2 Å². The zero-order chi connectivity index (χ0) is 31.8. The summed E-state index contributed by atoms with van der Waals surface area (Å²) in [6.45, 7) is 5.04. The number of hydrogen-bond acceptors (Lipinski definition) is 8. The summed E-state index contributed by atoms with van der Waals surface area (Å²) >= 11 is 0. The molecule has 14 heteroatoms. The number of benzene rings is 2. The van der Waals surface area contributed by atoms with Gasteiger partial charge >= 0.3 is 0 Å². The fourth-order valence-electron chi connectivity index (χ4n) is 6.49. The smallest absolute Gasteiger partial charge is 0.281 e. The molecule has 1 N–H and O–H groups in total. The van der Waals surface area contributed by atoms with Gasteiger partial charge in [-0.2, -0.15) is 8.61 Å². The third-order valence-corrected chi connectivity index (χ3v) is 12.9. The Morgan fingerprint density at radius 3 is 2.29 bits per heavy atom. The van der Waals surface area contributed by atoms with Crippen LogP contribution in [0.2, 0.25) is 0 Å². The van der Waals surface area contributed by atoms with Gasteiger partial charge in [-0.1, -0.05) is 61.2 Å². The number of nitrogens with zero attached hydrogens (tertiary/aromatic N) is 6. The molecular weight excluding hydrogens is 615 g/mol. The highest BCUT2D eigenvalue weighted by molar-refractivity contribution is 7.89. The number of rotatable bonds is 9. The van der Waals surface area contributed by atoms with Crippen LogP contribution < -0.4 is 5.56 Å². The monoisotopic (exact) mass is 653 g/mol. The molecule has 240 valence electrons. The van der Waals surface area contributed by atoms with Gasteiger partial charge in [0.25, 0.3) is 5.56 Å². The Balaban J connectivity index is 1.21. The minimum Gasteiger partial charge on any atom is -0.308 e. The second kappa shape index (κ2) is 12.7. The first-order valence-electron chi connectivity index (χ1n) is 15.6. The van der Waals surface area contributed by atoms with Crippen LogP contribution in [0.15, 0.2) is 63.1 Å². The second-order valence-corrected chi connectivity index (χ2v) is 15.9. The van der Waals surface area contributed by atoms with E-state index in [-0.39, 0.29) is 33.8 Å². The summed E-state index contributed by atoms with van der Waals surface area (Å²) in [5.41, 5.74) is 2.18. The fourth-order valence-corrected chi connectivity index (χ4v) is 9.71. The van der Waals surface area contributed by atoms with Crippen molar-refractivity contribution in [3.8, 4) is 0 Å². The maximum Gasteiger partial charge on any atom is 0.281 e. The van der Waals surface area contributed by atoms with Gasteiger partial charge in [-0.05, 0) is 62.4 Å². The number of hydrogen-bond donors (Lipinski definition) is 1. The highest BCUT2D eigenvalue weighted by Gasteiger charge is 2.34. The van der Waals surface area contributed by atoms with Crippen LogP contribution in [0, 0.1) is 6.92 Å². The van der Waals surface area contributed by atoms with Crippen LogP contribution in [-0.2, 0) is 26.6 Å². The van der Waals surface area contributed by atoms with Gasteiger partial charge in [0.15, 0.2) is 11.2 Å². The summed E-state index contributed by atoms with van der Waals surface area (Å²) in [6.07, 6.45) is 6.04. The molecule has 1 aliphatic carbocycles. The Hall–Kier alpha value is -3.46. The summed E-state index contributed by atoms with van der Waals surface area (Å²) in [7, 11) is -7.69. The molecule has 2 aromatic heterocycles. The lowest BCUT2D eigenvalue weighted by atomic mass is 9.95. The molecule has 12 nitrogen and oxygen atoms in total. The van der Waals surface area contributed by atoms with E-state index in [1.54, 1.807) is 8.99 Å². The third-order valence-electron chi connectivity index (χ3n) is 8.98. The number of aryl methyl sites for hydroxylation is 1. The molecule has 0 radical (unpaired) electrons. The van der Waals surface area contributed by atoms with E-state index < -0.39 is 25.6 Å². The van der Waals surface area contributed by atoms with E-state index in [1.807, 2.05) is 38.1 Å². The van der Waals surface area contributed by atoms with Crippen LogP contribution in [0.1, 0.15) is 74.7 Å². The van der Waals surface area contributed by atoms with Gasteiger partial charge in [-0.15, -0.1) is 5.10 Å². The highest BCUT2D eigenvalue weighted by atomic mass is 32.2. The zero-order valence-corrected chi connectivity index (χ0v) is 27.2. The molecule has 1 saturated carbocycles. The standard InChI is InChI=1S/C31H39N7O5S2/c1-3-38(25-9-5-4-6-10-25)45(42,43)27-17-15-26(16-18-27)44(40,41)36-19-7-8-24(21-36)29-32-30-28(31(39)33-29)34-35-37(30)20-23-13-11-22(2)12-14-23/h11-18,24-25H,3-10,19-21H2,1-2H3,(H,32,33,39). The van der Waals surface area contributed by atoms with Crippen molar-refractivity contribution >= 4 is 31.2 Å². The van der Waals surface area contributed by atoms with Crippen molar-refractivity contribution in [2.75, 3.05) is 19.6 Å². The van der Waals surface area contributed by atoms with Crippen molar-refractivity contribution in [2.45, 2.75) is 87.1 Å². The molecule has 1 saturated heterocycles. The van der Waals surface area contributed by atoms with Crippen molar-refractivity contribution in [3.05, 3.63) is 75.8 Å². The Bertz CT molecular complexity index is 1930. The van der Waals surface area contributed by atoms with Crippen LogP contribution in [0.25, 0.3) is 11.2 Å². The van der Waals surface area contributed by atoms with E-state index >= 15 is 0 Å². The number of aromatic amines is 1. The van der Waals surface area contributed by atoms with Crippen LogP contribution in [0.3, 0.4) is 0 Å². The molecule has 3 heterocycles. The van der Waals surface area contributed by atoms with Gasteiger partial charge in [0.2, 0.25) is 20.0 Å². The molecule has 1 atom stereocenters. The SMILES string of the molecule is CCN(C1CCCCC1)S(=O)(=O)c1ccc(S(=O)(=O)N2CCCC(c3nc4c(nnn4Cc4ccc(C)cc4)c(=O)[nH]3)C2)cc1. The van der Waals surface area contributed by atoms with Gasteiger partial charge in [-0.3, -0.25) is 4.79 Å². The lowest BCUT2D eigenvalue weighted by Gasteiger charge is -2.33. The Kier molecular flexibility index (Phi) is 8.92. The second-order valence-electron chi connectivity index (χ2n) is 12.0. The maximum absolute atomic E-state index is 13.7. The molecule has 1 unspecified atom stereocenters. The fraction of sp³-hybridized carbons (Fsp3) is 0.484. The van der Waals surface area contributed by atoms with Gasteiger partial charge in [0.1, 0.15) is 5.82 Å². The molecule has 0 bridgehead atoms. The Morgan fingerprint density at radius 1 is 0.911 bits per heavy atom. The summed E-state index contributed by atoms with van der Waals surface area (Å²) in [4.78, 5) is 20.6. The number of piperidine rings is 1. The minimum atomic E-state index is -3.93. The normalized spacial score (nSPS) is 19.0. The molecule has 0 spiro atoms. The lowest BCUT2D eigenvalue weighted by Crippen LogP contribution is -2.41. The first-order chi connectivity index (χ1) is 21.6. The van der Waals surface area contributed by atoms with Crippen molar-refractivity contribution in [1.82, 2.24) is 33.6 Å². The molecule has 2 fully saturated rings. The van der Waals surface area contributed by atoms with Crippen LogP contribution >= 0.6 is 0 Å². The average Bonchev–Trinajstić information content (AvgIpc) is 3.46. The predicted molar refractivity (Wildman–Crippen MR) is 170 cm³/mol. The highest BCUT2D eigenvalue weighted by Crippen LogP contribution is 2.31. The topological polar surface area (TPSA) is 151 Å². The van der Waals surface area contributed by atoms with Gasteiger partial charge < -0.3 is 4.98 Å². The zero-order valence-electron chi connectivity index (χ0n) is 25.6. The van der Waals surface area contributed by atoms with Crippen LogP contribution in [0.4, 0.5) is 0 Å². The summed E-state index contributed by atoms with van der Waals surface area (Å²) in [6, 6.07) is 13.5. The van der Waals surface area contributed by atoms with Crippen molar-refractivity contribution in [2.24, 2.45) is 0 Å². The lowest BCUT2D eigenvalue weighted by molar-refractivity contribution is 0.261. The van der Waals surface area contributed by atoms with Crippen molar-refractivity contribution in [3.63, 3.8) is 0 Å². The average molecular weight is 654 g/mol. The molecular formula is C31H39N7O5S2. The number of H-pyrrole nitrogens is 1. The molecule has 6 rings (SSSR count). The van der Waals surface area contributed by atoms with Crippen LogP contribution in [0.5, 0.6) is 0 Å². The minimum absolute atomic E-state index is 0.0279. The first-order valence-corrected chi connectivity index (χ1v) is 18.5. The van der Waals surface area contributed by atoms with Crippen LogP contribution in [-0.4, -0.2) is 76.1 Å². The number of fused-ring (bicyclic) bond motifs is 1. The molecule has 2 aliphatic rings. The molecule has 1 aliphatic heterocycles. The van der Waals surface area contributed by atoms with Crippen molar-refractivity contribution in [1.29, 1.82) is 0 Å². The molecule has 45 heavy (non-hydrogen) atoms. The van der Waals surface area contributed by atoms with E-state index in [4.69, 9.17) is 4.98 Å². The quantitative estimate of drug-likeness (QED) is 0.287. The number of nitrogens with one attached hydrogen (secondary N) is 1. The number of sulfonamides is 2. The van der Waals surface area contributed by atoms with Gasteiger partial charge in [-0.25, -0.2) is 26.5 Å². The summed E-state index contributed by atoms with van der Waals surface area (Å²) < 4.78 is 59.0. The first kappa shape index (κ1) is 31.5. The third kappa shape index (κ3) is 6.33. The van der Waals surface area contributed by atoms with Gasteiger partial charge in [0.05, 0.1) is 16.3 Å². The number of aromatic nitrogens is 5. The van der Waals surface area contributed by atoms with Crippen molar-refractivity contribution < 1.29 is 16.8 Å². The molecule has 2 aromatic carbocycles. The summed E-state index contributed by atoms with van der Waals surface area (Å²) in [5.74, 6) is 0.0465. The maximum atomic E-state index is 13.7. The predicted octanol–water partition coefficient (Wildman–Crippen LogP) is 3.78. The van der Waals surface area contributed by atoms with E-state index in [1.165, 1.54) is 28.6 Å². The van der Waals surface area contributed by atoms with E-state index in [2.05, 4.69) is 15.3 Å². The van der Waals surface area contributed by atoms with Gasteiger partial charge in [0, 0.05) is 31.6 Å². The van der Waals surface area contributed by atoms with E-state index in [9.17, 15) is 21.6 Å². The Labute approximate surface area is 263 Å². The summed E-state index contributed by atoms with van der Waals surface area (Å²) in [5, 5.41) is 8.19. The molecule has 4 aromatic rings.